The number of likely N-dealkylation sites (tertiary alicyclic amines) is 2. The molecule has 0 spiro atoms. The molecule has 1 amide bonds. The zero-order valence-corrected chi connectivity index (χ0v) is 16.0. The maximum atomic E-state index is 12.8. The van der Waals surface area contributed by atoms with E-state index in [0.717, 1.165) is 64.2 Å². The standard InChI is InChI=1S/C19H33N5O/c1-4-23-13-9-20-19(23)16-6-5-10-24(14-16)18(25)15-22(3)17-7-11-21(2)12-8-17/h9,13,16-17H,4-8,10-12,14-15H2,1-3H3. The van der Waals surface area contributed by atoms with E-state index >= 15 is 0 Å². The fraction of sp³-hybridized carbons (Fsp3) is 0.789. The minimum Gasteiger partial charge on any atom is -0.341 e. The van der Waals surface area contributed by atoms with Gasteiger partial charge in [0.05, 0.1) is 6.54 Å². The number of carbonyl (C=O) groups is 1. The molecule has 1 atom stereocenters. The number of imidazole rings is 1. The molecule has 0 aromatic carbocycles. The fourth-order valence-corrected chi connectivity index (χ4v) is 4.24. The summed E-state index contributed by atoms with van der Waals surface area (Å²) in [5.74, 6) is 1.80. The van der Waals surface area contributed by atoms with Crippen molar-refractivity contribution < 1.29 is 4.79 Å². The molecule has 6 heteroatoms. The average molecular weight is 348 g/mol. The monoisotopic (exact) mass is 347 g/mol. The van der Waals surface area contributed by atoms with E-state index < -0.39 is 0 Å². The number of likely N-dealkylation sites (N-methyl/N-ethyl adjacent to an activating group) is 1. The number of carbonyl (C=O) groups excluding carboxylic acids is 1. The Hall–Kier alpha value is -1.40. The van der Waals surface area contributed by atoms with Gasteiger partial charge in [-0.3, -0.25) is 9.69 Å². The van der Waals surface area contributed by atoms with E-state index in [0.29, 0.717) is 18.5 Å². The fourth-order valence-electron chi connectivity index (χ4n) is 4.24. The van der Waals surface area contributed by atoms with Gasteiger partial charge >= 0.3 is 0 Å². The predicted octanol–water partition coefficient (Wildman–Crippen LogP) is 1.64. The summed E-state index contributed by atoms with van der Waals surface area (Å²) in [7, 11) is 4.29. The molecule has 0 radical (unpaired) electrons. The van der Waals surface area contributed by atoms with Gasteiger partial charge in [-0.25, -0.2) is 4.98 Å². The first-order valence-corrected chi connectivity index (χ1v) is 9.76. The molecule has 2 aliphatic rings. The Balaban J connectivity index is 1.55. The second-order valence-corrected chi connectivity index (χ2v) is 7.70. The first kappa shape index (κ1) is 18.4. The third-order valence-corrected chi connectivity index (χ3v) is 5.92. The molecule has 0 aliphatic carbocycles. The van der Waals surface area contributed by atoms with Gasteiger partial charge in [0, 0.05) is 44.0 Å². The molecular weight excluding hydrogens is 314 g/mol. The zero-order valence-electron chi connectivity index (χ0n) is 16.0. The van der Waals surface area contributed by atoms with Crippen LogP contribution in [0.1, 0.15) is 44.3 Å². The minimum atomic E-state index is 0.278. The summed E-state index contributed by atoms with van der Waals surface area (Å²) in [5, 5.41) is 0. The molecule has 1 aromatic heterocycles. The number of amides is 1. The van der Waals surface area contributed by atoms with Crippen LogP contribution in [0, 0.1) is 0 Å². The number of aryl methyl sites for hydroxylation is 1. The lowest BCUT2D eigenvalue weighted by molar-refractivity contribution is -0.134. The second kappa shape index (κ2) is 8.32. The smallest absolute Gasteiger partial charge is 0.236 e. The van der Waals surface area contributed by atoms with Crippen molar-refractivity contribution in [2.75, 3.05) is 46.8 Å². The highest BCUT2D eigenvalue weighted by Gasteiger charge is 2.29. The Morgan fingerprint density at radius 1 is 1.28 bits per heavy atom. The van der Waals surface area contributed by atoms with Crippen LogP contribution in [-0.4, -0.2) is 83.0 Å². The van der Waals surface area contributed by atoms with Gasteiger partial charge in [-0.15, -0.1) is 0 Å². The Morgan fingerprint density at radius 3 is 2.76 bits per heavy atom. The van der Waals surface area contributed by atoms with Crippen molar-refractivity contribution in [1.29, 1.82) is 0 Å². The Labute approximate surface area is 151 Å². The van der Waals surface area contributed by atoms with Crippen LogP contribution >= 0.6 is 0 Å². The van der Waals surface area contributed by atoms with Crippen LogP contribution in [0.15, 0.2) is 12.4 Å². The number of hydrogen-bond donors (Lipinski definition) is 0. The van der Waals surface area contributed by atoms with E-state index in [-0.39, 0.29) is 5.91 Å². The topological polar surface area (TPSA) is 44.6 Å². The molecule has 3 rings (SSSR count). The number of aromatic nitrogens is 2. The molecule has 140 valence electrons. The summed E-state index contributed by atoms with van der Waals surface area (Å²) in [6.45, 7) is 7.61. The number of rotatable bonds is 5. The van der Waals surface area contributed by atoms with Crippen LogP contribution in [-0.2, 0) is 11.3 Å². The number of piperidine rings is 2. The number of hydrogen-bond acceptors (Lipinski definition) is 4. The predicted molar refractivity (Wildman–Crippen MR) is 99.6 cm³/mol. The lowest BCUT2D eigenvalue weighted by Crippen LogP contribution is -2.48. The van der Waals surface area contributed by atoms with Crippen molar-refractivity contribution in [3.63, 3.8) is 0 Å². The normalized spacial score (nSPS) is 23.4. The maximum Gasteiger partial charge on any atom is 0.236 e. The summed E-state index contributed by atoms with van der Waals surface area (Å²) in [5.41, 5.74) is 0. The van der Waals surface area contributed by atoms with E-state index in [4.69, 9.17) is 0 Å². The molecule has 3 heterocycles. The van der Waals surface area contributed by atoms with E-state index in [1.54, 1.807) is 0 Å². The first-order chi connectivity index (χ1) is 12.1. The molecule has 0 bridgehead atoms. The highest BCUT2D eigenvalue weighted by Crippen LogP contribution is 2.26. The van der Waals surface area contributed by atoms with E-state index in [1.165, 1.54) is 0 Å². The van der Waals surface area contributed by atoms with Crippen molar-refractivity contribution in [2.24, 2.45) is 0 Å². The highest BCUT2D eigenvalue weighted by molar-refractivity contribution is 5.78. The quantitative estimate of drug-likeness (QED) is 0.812. The molecular formula is C19H33N5O. The van der Waals surface area contributed by atoms with Crippen molar-refractivity contribution in [2.45, 2.75) is 51.1 Å². The van der Waals surface area contributed by atoms with E-state index in [1.807, 2.05) is 12.4 Å². The van der Waals surface area contributed by atoms with Gasteiger partial charge in [0.25, 0.3) is 0 Å². The molecule has 0 saturated carbocycles. The lowest BCUT2D eigenvalue weighted by atomic mass is 9.97. The van der Waals surface area contributed by atoms with Crippen LogP contribution in [0.5, 0.6) is 0 Å². The van der Waals surface area contributed by atoms with Gasteiger partial charge in [-0.1, -0.05) is 0 Å². The molecule has 2 saturated heterocycles. The summed E-state index contributed by atoms with van der Waals surface area (Å²) < 4.78 is 2.21. The summed E-state index contributed by atoms with van der Waals surface area (Å²) in [6.07, 6.45) is 8.46. The zero-order chi connectivity index (χ0) is 17.8. The van der Waals surface area contributed by atoms with Gasteiger partial charge in [-0.2, -0.15) is 0 Å². The van der Waals surface area contributed by atoms with Crippen molar-refractivity contribution >= 4 is 5.91 Å². The van der Waals surface area contributed by atoms with Crippen LogP contribution in [0.3, 0.4) is 0 Å². The molecule has 1 aromatic rings. The van der Waals surface area contributed by atoms with Crippen LogP contribution in [0.25, 0.3) is 0 Å². The Kier molecular flexibility index (Phi) is 6.12. The van der Waals surface area contributed by atoms with Crippen LogP contribution in [0.2, 0.25) is 0 Å². The van der Waals surface area contributed by atoms with Gasteiger partial charge in [0.1, 0.15) is 5.82 Å². The van der Waals surface area contributed by atoms with Crippen LogP contribution in [0.4, 0.5) is 0 Å². The van der Waals surface area contributed by atoms with Crippen molar-refractivity contribution in [1.82, 2.24) is 24.3 Å². The van der Waals surface area contributed by atoms with Crippen molar-refractivity contribution in [3.8, 4) is 0 Å². The van der Waals surface area contributed by atoms with Crippen LogP contribution < -0.4 is 0 Å². The second-order valence-electron chi connectivity index (χ2n) is 7.70. The summed E-state index contributed by atoms with van der Waals surface area (Å²) in [4.78, 5) is 24.1. The molecule has 0 N–H and O–H groups in total. The molecule has 6 nitrogen and oxygen atoms in total. The third kappa shape index (κ3) is 4.42. The van der Waals surface area contributed by atoms with E-state index in [2.05, 4.69) is 45.3 Å². The Bertz CT molecular complexity index is 564. The lowest BCUT2D eigenvalue weighted by Gasteiger charge is -2.37. The number of nitrogens with zero attached hydrogens (tertiary/aromatic N) is 5. The van der Waals surface area contributed by atoms with Gasteiger partial charge in [0.2, 0.25) is 5.91 Å². The van der Waals surface area contributed by atoms with Gasteiger partial charge < -0.3 is 14.4 Å². The SMILES string of the molecule is CCn1ccnc1C1CCCN(C(=O)CN(C)C2CCN(C)CC2)C1. The summed E-state index contributed by atoms with van der Waals surface area (Å²) >= 11 is 0. The highest BCUT2D eigenvalue weighted by atomic mass is 16.2. The minimum absolute atomic E-state index is 0.278. The van der Waals surface area contributed by atoms with Gasteiger partial charge in [-0.05, 0) is 59.8 Å². The summed E-state index contributed by atoms with van der Waals surface area (Å²) in [6, 6.07) is 0.541. The molecule has 1 unspecified atom stereocenters. The maximum absolute atomic E-state index is 12.8. The first-order valence-electron chi connectivity index (χ1n) is 9.76. The molecule has 2 fully saturated rings. The largest absolute Gasteiger partial charge is 0.341 e. The van der Waals surface area contributed by atoms with Gasteiger partial charge in [0.15, 0.2) is 0 Å². The average Bonchev–Trinajstić information content (AvgIpc) is 3.11. The Morgan fingerprint density at radius 2 is 2.04 bits per heavy atom. The third-order valence-electron chi connectivity index (χ3n) is 5.92. The van der Waals surface area contributed by atoms with Crippen molar-refractivity contribution in [3.05, 3.63) is 18.2 Å². The molecule has 25 heavy (non-hydrogen) atoms. The molecule has 2 aliphatic heterocycles. The van der Waals surface area contributed by atoms with E-state index in [9.17, 15) is 4.79 Å².